The number of nitrogens with one attached hydrogen (secondary N) is 1. The summed E-state index contributed by atoms with van der Waals surface area (Å²) in [5.74, 6) is -0.417. The zero-order valence-corrected chi connectivity index (χ0v) is 21.9. The van der Waals surface area contributed by atoms with Gasteiger partial charge in [-0.2, -0.15) is 0 Å². The van der Waals surface area contributed by atoms with Crippen LogP contribution < -0.4 is 5.32 Å². The van der Waals surface area contributed by atoms with Crippen molar-refractivity contribution in [3.63, 3.8) is 0 Å². The van der Waals surface area contributed by atoms with E-state index in [1.807, 2.05) is 36.4 Å². The average Bonchev–Trinajstić information content (AvgIpc) is 2.83. The first-order valence-corrected chi connectivity index (χ1v) is 12.8. The van der Waals surface area contributed by atoms with Gasteiger partial charge in [-0.25, -0.2) is 0 Å². The molecule has 3 rings (SSSR count). The van der Waals surface area contributed by atoms with Gasteiger partial charge in [-0.05, 0) is 41.8 Å². The summed E-state index contributed by atoms with van der Waals surface area (Å²) >= 11 is 19.1. The third-order valence-corrected chi connectivity index (χ3v) is 6.68. The Morgan fingerprint density at radius 1 is 0.886 bits per heavy atom. The molecule has 3 aromatic rings. The molecule has 0 saturated carbocycles. The maximum atomic E-state index is 13.7. The predicted octanol–water partition coefficient (Wildman–Crippen LogP) is 6.75. The van der Waals surface area contributed by atoms with Crippen LogP contribution >= 0.6 is 34.8 Å². The van der Waals surface area contributed by atoms with Gasteiger partial charge in [0.2, 0.25) is 11.8 Å². The van der Waals surface area contributed by atoms with Gasteiger partial charge in [0.1, 0.15) is 6.04 Å². The molecule has 0 heterocycles. The molecule has 0 radical (unpaired) electrons. The number of rotatable bonds is 11. The van der Waals surface area contributed by atoms with Crippen molar-refractivity contribution in [3.05, 3.63) is 105 Å². The van der Waals surface area contributed by atoms with E-state index < -0.39 is 6.04 Å². The Hall–Kier alpha value is -2.53. The van der Waals surface area contributed by atoms with E-state index in [9.17, 15) is 9.59 Å². The second kappa shape index (κ2) is 13.5. The van der Waals surface area contributed by atoms with E-state index in [2.05, 4.69) is 12.2 Å². The summed E-state index contributed by atoms with van der Waals surface area (Å²) in [7, 11) is 0. The summed E-state index contributed by atoms with van der Waals surface area (Å²) in [4.78, 5) is 28.8. The van der Waals surface area contributed by atoms with Crippen molar-refractivity contribution in [1.82, 2.24) is 10.2 Å². The maximum absolute atomic E-state index is 13.7. The summed E-state index contributed by atoms with van der Waals surface area (Å²) in [6.45, 7) is 2.72. The van der Waals surface area contributed by atoms with Crippen molar-refractivity contribution in [2.24, 2.45) is 0 Å². The Morgan fingerprint density at radius 3 is 2.20 bits per heavy atom. The molecule has 0 spiro atoms. The van der Waals surface area contributed by atoms with Crippen LogP contribution in [0.15, 0.2) is 72.8 Å². The topological polar surface area (TPSA) is 49.4 Å². The largest absolute Gasteiger partial charge is 0.354 e. The number of amides is 2. The lowest BCUT2D eigenvalue weighted by molar-refractivity contribution is -0.140. The molecule has 2 amide bonds. The summed E-state index contributed by atoms with van der Waals surface area (Å²) in [5, 5.41) is 4.45. The fourth-order valence-electron chi connectivity index (χ4n) is 3.84. The number of benzene rings is 3. The van der Waals surface area contributed by atoms with E-state index in [0.717, 1.165) is 24.0 Å². The number of carbonyl (C=O) groups excluding carboxylic acids is 2. The van der Waals surface area contributed by atoms with Crippen molar-refractivity contribution >= 4 is 46.6 Å². The van der Waals surface area contributed by atoms with Crippen molar-refractivity contribution in [2.45, 2.75) is 45.2 Å². The number of hydrogen-bond donors (Lipinski definition) is 1. The van der Waals surface area contributed by atoms with Crippen LogP contribution in [0.3, 0.4) is 0 Å². The Bertz CT molecular complexity index is 1120. The van der Waals surface area contributed by atoms with Gasteiger partial charge in [0.25, 0.3) is 0 Å². The maximum Gasteiger partial charge on any atom is 0.243 e. The first-order valence-electron chi connectivity index (χ1n) is 11.7. The summed E-state index contributed by atoms with van der Waals surface area (Å²) in [5.41, 5.74) is 2.33. The van der Waals surface area contributed by atoms with E-state index in [0.29, 0.717) is 33.6 Å². The highest BCUT2D eigenvalue weighted by atomic mass is 35.5. The lowest BCUT2D eigenvalue weighted by Gasteiger charge is -2.32. The Balaban J connectivity index is 1.99. The molecular formula is C28H29Cl3N2O2. The van der Waals surface area contributed by atoms with Gasteiger partial charge < -0.3 is 10.2 Å². The molecule has 0 aliphatic rings. The van der Waals surface area contributed by atoms with Crippen LogP contribution in [0.4, 0.5) is 0 Å². The van der Waals surface area contributed by atoms with E-state index in [-0.39, 0.29) is 24.8 Å². The quantitative estimate of drug-likeness (QED) is 0.278. The van der Waals surface area contributed by atoms with Crippen LogP contribution in [0.1, 0.15) is 36.5 Å². The summed E-state index contributed by atoms with van der Waals surface area (Å²) in [6, 6.07) is 21.3. The minimum absolute atomic E-state index is 0.0934. The van der Waals surface area contributed by atoms with E-state index in [1.54, 1.807) is 41.3 Å². The van der Waals surface area contributed by atoms with Crippen LogP contribution in [0.5, 0.6) is 0 Å². The Morgan fingerprint density at radius 2 is 1.54 bits per heavy atom. The standard InChI is InChI=1S/C28H29Cl3N2O2/c1-2-3-15-32-28(35)26(17-20-9-5-4-6-10-20)33(19-23-24(30)13-8-14-25(23)31)27(34)18-21-11-7-12-22(29)16-21/h4-14,16,26H,2-3,15,17-19H2,1H3,(H,32,35)/t26-/m1/s1. The smallest absolute Gasteiger partial charge is 0.243 e. The average molecular weight is 532 g/mol. The minimum atomic E-state index is -0.742. The van der Waals surface area contributed by atoms with Crippen LogP contribution in [-0.4, -0.2) is 29.3 Å². The third kappa shape index (κ3) is 7.99. The molecule has 184 valence electrons. The number of halogens is 3. The van der Waals surface area contributed by atoms with Gasteiger partial charge in [-0.15, -0.1) is 0 Å². The van der Waals surface area contributed by atoms with Gasteiger partial charge in [0.05, 0.1) is 6.42 Å². The van der Waals surface area contributed by atoms with Crippen molar-refractivity contribution < 1.29 is 9.59 Å². The van der Waals surface area contributed by atoms with E-state index in [4.69, 9.17) is 34.8 Å². The molecule has 0 fully saturated rings. The zero-order chi connectivity index (χ0) is 25.2. The molecule has 7 heteroatoms. The van der Waals surface area contributed by atoms with Gasteiger partial charge in [0.15, 0.2) is 0 Å². The molecule has 35 heavy (non-hydrogen) atoms. The highest BCUT2D eigenvalue weighted by Gasteiger charge is 2.31. The zero-order valence-electron chi connectivity index (χ0n) is 19.6. The highest BCUT2D eigenvalue weighted by molar-refractivity contribution is 6.36. The molecule has 0 aliphatic heterocycles. The monoisotopic (exact) mass is 530 g/mol. The minimum Gasteiger partial charge on any atom is -0.354 e. The second-order valence-corrected chi connectivity index (χ2v) is 9.63. The molecule has 1 N–H and O–H groups in total. The van der Waals surface area contributed by atoms with Crippen LogP contribution in [-0.2, 0) is 29.0 Å². The number of hydrogen-bond acceptors (Lipinski definition) is 2. The number of carbonyl (C=O) groups is 2. The predicted molar refractivity (Wildman–Crippen MR) is 144 cm³/mol. The van der Waals surface area contributed by atoms with Crippen LogP contribution in [0.25, 0.3) is 0 Å². The lowest BCUT2D eigenvalue weighted by Crippen LogP contribution is -2.51. The number of unbranched alkanes of at least 4 members (excludes halogenated alkanes) is 1. The first-order chi connectivity index (χ1) is 16.9. The van der Waals surface area contributed by atoms with Gasteiger partial charge in [-0.3, -0.25) is 9.59 Å². The normalized spacial score (nSPS) is 11.7. The van der Waals surface area contributed by atoms with Crippen LogP contribution in [0.2, 0.25) is 15.1 Å². The lowest BCUT2D eigenvalue weighted by atomic mass is 10.0. The third-order valence-electron chi connectivity index (χ3n) is 5.74. The Kier molecular flexibility index (Phi) is 10.5. The summed E-state index contributed by atoms with van der Waals surface area (Å²) < 4.78 is 0. The molecule has 0 aromatic heterocycles. The van der Waals surface area contributed by atoms with Gasteiger partial charge >= 0.3 is 0 Å². The molecule has 0 bridgehead atoms. The van der Waals surface area contributed by atoms with Gasteiger partial charge in [-0.1, -0.05) is 96.7 Å². The molecular weight excluding hydrogens is 503 g/mol. The Labute approximate surface area is 222 Å². The molecule has 0 saturated heterocycles. The first kappa shape index (κ1) is 27.1. The molecule has 0 unspecified atom stereocenters. The van der Waals surface area contributed by atoms with Crippen molar-refractivity contribution in [1.29, 1.82) is 0 Å². The van der Waals surface area contributed by atoms with E-state index >= 15 is 0 Å². The van der Waals surface area contributed by atoms with Crippen molar-refractivity contribution in [3.8, 4) is 0 Å². The van der Waals surface area contributed by atoms with E-state index in [1.165, 1.54) is 0 Å². The summed E-state index contributed by atoms with van der Waals surface area (Å²) in [6.07, 6.45) is 2.27. The highest BCUT2D eigenvalue weighted by Crippen LogP contribution is 2.27. The fraction of sp³-hybridized carbons (Fsp3) is 0.286. The molecule has 0 aliphatic carbocycles. The second-order valence-electron chi connectivity index (χ2n) is 8.38. The molecule has 3 aromatic carbocycles. The SMILES string of the molecule is CCCCNC(=O)[C@@H](Cc1ccccc1)N(Cc1c(Cl)cccc1Cl)C(=O)Cc1cccc(Cl)c1. The molecule has 1 atom stereocenters. The fourth-order valence-corrected chi connectivity index (χ4v) is 4.57. The van der Waals surface area contributed by atoms with Gasteiger partial charge in [0, 0.05) is 40.1 Å². The van der Waals surface area contributed by atoms with Crippen molar-refractivity contribution in [2.75, 3.05) is 6.54 Å². The van der Waals surface area contributed by atoms with Crippen LogP contribution in [0, 0.1) is 0 Å². The number of nitrogens with zero attached hydrogens (tertiary/aromatic N) is 1. The molecule has 4 nitrogen and oxygen atoms in total.